The maximum absolute atomic E-state index is 12.7. The largest absolute Gasteiger partial charge is 0.350 e. The molecule has 1 atom stereocenters. The lowest BCUT2D eigenvalue weighted by atomic mass is 9.98. The van der Waals surface area contributed by atoms with Crippen LogP contribution in [0.3, 0.4) is 0 Å². The van der Waals surface area contributed by atoms with E-state index in [4.69, 9.17) is 0 Å². The second-order valence-electron chi connectivity index (χ2n) is 6.63. The van der Waals surface area contributed by atoms with Crippen LogP contribution in [0.2, 0.25) is 0 Å². The molecule has 1 aliphatic rings. The Kier molecular flexibility index (Phi) is 5.65. The Morgan fingerprint density at radius 3 is 2.88 bits per heavy atom. The minimum atomic E-state index is 0.0122. The number of hydrogen-bond donors (Lipinski definition) is 2. The molecule has 0 aliphatic carbocycles. The number of hydrogen-bond acceptors (Lipinski definition) is 2. The molecule has 0 radical (unpaired) electrons. The Balaban J connectivity index is 1.73. The Bertz CT molecular complexity index is 688. The maximum atomic E-state index is 12.7. The molecule has 0 bridgehead atoms. The molecular formula is C21H26N2O. The van der Waals surface area contributed by atoms with Crippen molar-refractivity contribution < 1.29 is 4.79 Å². The molecule has 2 aromatic rings. The van der Waals surface area contributed by atoms with Gasteiger partial charge in [0.15, 0.2) is 0 Å². The highest BCUT2D eigenvalue weighted by atomic mass is 16.1. The molecule has 126 valence electrons. The van der Waals surface area contributed by atoms with Crippen LogP contribution in [-0.2, 0) is 0 Å². The topological polar surface area (TPSA) is 41.1 Å². The standard InChI is InChI=1S/C21H26N2O/c1-16-8-7-9-17(14-16)19-11-4-5-12-20(19)21(24)23-15-18-10-3-2-6-13-22-18/h4-5,7-9,11-12,14,18,22H,2-3,6,10,13,15H2,1H3,(H,23,24)/t18-/m1/s1. The highest BCUT2D eigenvalue weighted by Crippen LogP contribution is 2.24. The second kappa shape index (κ2) is 8.11. The fourth-order valence-electron chi connectivity index (χ4n) is 3.33. The minimum absolute atomic E-state index is 0.0122. The first-order valence-electron chi connectivity index (χ1n) is 8.92. The third kappa shape index (κ3) is 4.24. The van der Waals surface area contributed by atoms with Gasteiger partial charge < -0.3 is 10.6 Å². The molecule has 0 aromatic heterocycles. The van der Waals surface area contributed by atoms with Crippen molar-refractivity contribution in [3.05, 3.63) is 59.7 Å². The molecule has 1 fully saturated rings. The first-order valence-corrected chi connectivity index (χ1v) is 8.92. The predicted molar refractivity (Wildman–Crippen MR) is 99.2 cm³/mol. The Morgan fingerprint density at radius 2 is 2.00 bits per heavy atom. The molecule has 0 spiro atoms. The zero-order chi connectivity index (χ0) is 16.8. The quantitative estimate of drug-likeness (QED) is 0.895. The van der Waals surface area contributed by atoms with Gasteiger partial charge in [-0.05, 0) is 43.5 Å². The summed E-state index contributed by atoms with van der Waals surface area (Å²) >= 11 is 0. The number of benzene rings is 2. The summed E-state index contributed by atoms with van der Waals surface area (Å²) in [5.41, 5.74) is 4.03. The average molecular weight is 322 g/mol. The maximum Gasteiger partial charge on any atom is 0.251 e. The van der Waals surface area contributed by atoms with Crippen molar-refractivity contribution in [2.75, 3.05) is 13.1 Å². The molecule has 1 amide bonds. The summed E-state index contributed by atoms with van der Waals surface area (Å²) in [7, 11) is 0. The lowest BCUT2D eigenvalue weighted by Crippen LogP contribution is -2.40. The monoisotopic (exact) mass is 322 g/mol. The van der Waals surface area contributed by atoms with Crippen molar-refractivity contribution in [3.8, 4) is 11.1 Å². The van der Waals surface area contributed by atoms with Crippen LogP contribution in [0.25, 0.3) is 11.1 Å². The molecule has 3 nitrogen and oxygen atoms in total. The summed E-state index contributed by atoms with van der Waals surface area (Å²) < 4.78 is 0. The summed E-state index contributed by atoms with van der Waals surface area (Å²) in [6.07, 6.45) is 4.90. The van der Waals surface area contributed by atoms with E-state index in [-0.39, 0.29) is 5.91 Å². The molecule has 0 saturated carbocycles. The number of nitrogens with one attached hydrogen (secondary N) is 2. The molecule has 3 heteroatoms. The summed E-state index contributed by atoms with van der Waals surface area (Å²) in [5, 5.41) is 6.65. The van der Waals surface area contributed by atoms with Crippen molar-refractivity contribution in [2.45, 2.75) is 38.6 Å². The normalized spacial score (nSPS) is 18.0. The van der Waals surface area contributed by atoms with E-state index in [2.05, 4.69) is 35.8 Å². The van der Waals surface area contributed by atoms with Crippen molar-refractivity contribution in [1.29, 1.82) is 0 Å². The fourth-order valence-corrected chi connectivity index (χ4v) is 3.33. The predicted octanol–water partition coefficient (Wildman–Crippen LogP) is 3.92. The summed E-state index contributed by atoms with van der Waals surface area (Å²) in [6.45, 7) is 3.82. The molecule has 3 rings (SSSR count). The SMILES string of the molecule is Cc1cccc(-c2ccccc2C(=O)NC[C@H]2CCCCCN2)c1. The number of amides is 1. The number of aryl methyl sites for hydroxylation is 1. The van der Waals surface area contributed by atoms with Gasteiger partial charge in [0.25, 0.3) is 5.91 Å². The van der Waals surface area contributed by atoms with E-state index in [1.807, 2.05) is 30.3 Å². The van der Waals surface area contributed by atoms with Crippen molar-refractivity contribution >= 4 is 5.91 Å². The van der Waals surface area contributed by atoms with Gasteiger partial charge in [0.1, 0.15) is 0 Å². The lowest BCUT2D eigenvalue weighted by molar-refractivity contribution is 0.0950. The third-order valence-electron chi connectivity index (χ3n) is 4.67. The van der Waals surface area contributed by atoms with Gasteiger partial charge in [-0.25, -0.2) is 0 Å². The molecule has 2 N–H and O–H groups in total. The van der Waals surface area contributed by atoms with Crippen LogP contribution in [0, 0.1) is 6.92 Å². The van der Waals surface area contributed by atoms with Crippen LogP contribution in [0.1, 0.15) is 41.6 Å². The van der Waals surface area contributed by atoms with Crippen LogP contribution in [0.4, 0.5) is 0 Å². The molecule has 2 aromatic carbocycles. The van der Waals surface area contributed by atoms with Gasteiger partial charge >= 0.3 is 0 Å². The third-order valence-corrected chi connectivity index (χ3v) is 4.67. The number of carbonyl (C=O) groups is 1. The van der Waals surface area contributed by atoms with Crippen molar-refractivity contribution in [1.82, 2.24) is 10.6 Å². The van der Waals surface area contributed by atoms with E-state index in [9.17, 15) is 4.79 Å². The van der Waals surface area contributed by atoms with Crippen molar-refractivity contribution in [2.24, 2.45) is 0 Å². The Labute approximate surface area is 144 Å². The Morgan fingerprint density at radius 1 is 1.12 bits per heavy atom. The summed E-state index contributed by atoms with van der Waals surface area (Å²) in [6, 6.07) is 16.5. The van der Waals surface area contributed by atoms with E-state index in [0.29, 0.717) is 12.6 Å². The molecule has 1 saturated heterocycles. The van der Waals surface area contributed by atoms with E-state index in [1.54, 1.807) is 0 Å². The van der Waals surface area contributed by atoms with E-state index in [0.717, 1.165) is 29.7 Å². The highest BCUT2D eigenvalue weighted by molar-refractivity contribution is 6.00. The smallest absolute Gasteiger partial charge is 0.251 e. The van der Waals surface area contributed by atoms with Gasteiger partial charge in [-0.2, -0.15) is 0 Å². The van der Waals surface area contributed by atoms with Gasteiger partial charge in [-0.1, -0.05) is 60.9 Å². The molecule has 1 heterocycles. The first-order chi connectivity index (χ1) is 11.7. The van der Waals surface area contributed by atoms with Crippen LogP contribution in [0.15, 0.2) is 48.5 Å². The molecule has 0 unspecified atom stereocenters. The van der Waals surface area contributed by atoms with Gasteiger partial charge in [-0.15, -0.1) is 0 Å². The Hall–Kier alpha value is -2.13. The van der Waals surface area contributed by atoms with Crippen LogP contribution in [0.5, 0.6) is 0 Å². The van der Waals surface area contributed by atoms with Crippen LogP contribution in [-0.4, -0.2) is 25.0 Å². The second-order valence-corrected chi connectivity index (χ2v) is 6.63. The van der Waals surface area contributed by atoms with E-state index < -0.39 is 0 Å². The summed E-state index contributed by atoms with van der Waals surface area (Å²) in [5.74, 6) is 0.0122. The lowest BCUT2D eigenvalue weighted by Gasteiger charge is -2.17. The number of rotatable bonds is 4. The van der Waals surface area contributed by atoms with Gasteiger partial charge in [0.2, 0.25) is 0 Å². The molecule has 1 aliphatic heterocycles. The summed E-state index contributed by atoms with van der Waals surface area (Å²) in [4.78, 5) is 12.7. The van der Waals surface area contributed by atoms with Crippen LogP contribution < -0.4 is 10.6 Å². The zero-order valence-corrected chi connectivity index (χ0v) is 14.3. The van der Waals surface area contributed by atoms with E-state index in [1.165, 1.54) is 24.8 Å². The zero-order valence-electron chi connectivity index (χ0n) is 14.3. The molecule has 24 heavy (non-hydrogen) atoms. The first kappa shape index (κ1) is 16.7. The van der Waals surface area contributed by atoms with Gasteiger partial charge in [0.05, 0.1) is 0 Å². The number of carbonyl (C=O) groups excluding carboxylic acids is 1. The van der Waals surface area contributed by atoms with E-state index >= 15 is 0 Å². The van der Waals surface area contributed by atoms with Crippen LogP contribution >= 0.6 is 0 Å². The van der Waals surface area contributed by atoms with Gasteiger partial charge in [0, 0.05) is 18.2 Å². The van der Waals surface area contributed by atoms with Crippen molar-refractivity contribution in [3.63, 3.8) is 0 Å². The average Bonchev–Trinajstić information content (AvgIpc) is 2.88. The van der Waals surface area contributed by atoms with Gasteiger partial charge in [-0.3, -0.25) is 4.79 Å². The fraction of sp³-hybridized carbons (Fsp3) is 0.381. The minimum Gasteiger partial charge on any atom is -0.350 e. The molecular weight excluding hydrogens is 296 g/mol. The highest BCUT2D eigenvalue weighted by Gasteiger charge is 2.15.